The summed E-state index contributed by atoms with van der Waals surface area (Å²) in [5.74, 6) is 0.720. The summed E-state index contributed by atoms with van der Waals surface area (Å²) in [6.07, 6.45) is 0.636. The van der Waals surface area contributed by atoms with E-state index in [4.69, 9.17) is 23.2 Å². The average Bonchev–Trinajstić information content (AvgIpc) is 2.63. The largest absolute Gasteiger partial charge is 0.290 e. The highest BCUT2D eigenvalue weighted by molar-refractivity contribution is 6.31. The van der Waals surface area contributed by atoms with Gasteiger partial charge in [0.2, 0.25) is 0 Å². The summed E-state index contributed by atoms with van der Waals surface area (Å²) in [6.45, 7) is 0.905. The molecule has 0 unspecified atom stereocenters. The lowest BCUT2D eigenvalue weighted by molar-refractivity contribution is 0.234. The predicted octanol–water partition coefficient (Wildman–Crippen LogP) is 3.53. The molecule has 0 aliphatic carbocycles. The molecular formula is C17H18Cl2N4O2. The fraction of sp³-hybridized carbons (Fsp3) is 0.176. The first-order valence-electron chi connectivity index (χ1n) is 7.55. The van der Waals surface area contributed by atoms with Gasteiger partial charge in [-0.1, -0.05) is 23.2 Å². The molecule has 8 heteroatoms. The third-order valence-corrected chi connectivity index (χ3v) is 3.81. The molecule has 2 rings (SSSR count). The molecule has 0 amide bonds. The van der Waals surface area contributed by atoms with E-state index in [1.807, 2.05) is 0 Å². The van der Waals surface area contributed by atoms with Crippen molar-refractivity contribution >= 4 is 34.9 Å². The van der Waals surface area contributed by atoms with Crippen molar-refractivity contribution in [3.63, 3.8) is 0 Å². The third-order valence-electron chi connectivity index (χ3n) is 3.30. The van der Waals surface area contributed by atoms with Crippen molar-refractivity contribution in [1.29, 1.82) is 0 Å². The van der Waals surface area contributed by atoms with E-state index in [1.54, 1.807) is 48.5 Å². The van der Waals surface area contributed by atoms with Crippen LogP contribution in [-0.2, 0) is 0 Å². The molecule has 0 heterocycles. The highest BCUT2D eigenvalue weighted by Crippen LogP contribution is 2.11. The molecule has 0 fully saturated rings. The molecule has 0 radical (unpaired) electrons. The lowest BCUT2D eigenvalue weighted by Crippen LogP contribution is -2.21. The van der Waals surface area contributed by atoms with Crippen molar-refractivity contribution in [3.05, 3.63) is 69.7 Å². The second-order valence-corrected chi connectivity index (χ2v) is 5.92. The van der Waals surface area contributed by atoms with E-state index >= 15 is 0 Å². The average molecular weight is 381 g/mol. The van der Waals surface area contributed by atoms with E-state index in [0.29, 0.717) is 41.2 Å². The fourth-order valence-corrected chi connectivity index (χ4v) is 2.30. The van der Waals surface area contributed by atoms with Crippen molar-refractivity contribution in [2.24, 2.45) is 9.98 Å². The molecule has 132 valence electrons. The van der Waals surface area contributed by atoms with Crippen LogP contribution in [0.3, 0.4) is 0 Å². The van der Waals surface area contributed by atoms with Crippen LogP contribution in [0, 0.1) is 0 Å². The van der Waals surface area contributed by atoms with E-state index in [-0.39, 0.29) is 0 Å². The topological polar surface area (TPSA) is 89.2 Å². The lowest BCUT2D eigenvalue weighted by atomic mass is 10.2. The molecule has 0 bridgehead atoms. The number of amidine groups is 2. The Balaban J connectivity index is 1.91. The summed E-state index contributed by atoms with van der Waals surface area (Å²) >= 11 is 11.7. The van der Waals surface area contributed by atoms with Gasteiger partial charge in [-0.25, -0.2) is 0 Å². The lowest BCUT2D eigenvalue weighted by Gasteiger charge is -2.06. The van der Waals surface area contributed by atoms with Gasteiger partial charge in [-0.05, 0) is 55.0 Å². The van der Waals surface area contributed by atoms with Gasteiger partial charge in [-0.3, -0.25) is 31.4 Å². The number of nitrogens with one attached hydrogen (secondary N) is 2. The van der Waals surface area contributed by atoms with Gasteiger partial charge in [0.1, 0.15) is 0 Å². The first kappa shape index (κ1) is 19.2. The summed E-state index contributed by atoms with van der Waals surface area (Å²) in [4.78, 5) is 8.58. The van der Waals surface area contributed by atoms with Crippen molar-refractivity contribution in [3.8, 4) is 0 Å². The minimum Gasteiger partial charge on any atom is -0.290 e. The summed E-state index contributed by atoms with van der Waals surface area (Å²) < 4.78 is 0. The third kappa shape index (κ3) is 6.03. The van der Waals surface area contributed by atoms with Crippen molar-refractivity contribution < 1.29 is 10.4 Å². The van der Waals surface area contributed by atoms with Gasteiger partial charge in [0, 0.05) is 34.3 Å². The van der Waals surface area contributed by atoms with Gasteiger partial charge >= 0.3 is 0 Å². The molecule has 2 aromatic carbocycles. The first-order chi connectivity index (χ1) is 12.1. The number of hydrogen-bond acceptors (Lipinski definition) is 4. The standard InChI is InChI=1S/C17H18Cl2N4O2/c18-14-6-2-12(3-7-14)16(22-24)20-10-1-11-21-17(23-25)13-4-8-15(19)9-5-13/h2-9,24-25H,1,10-11H2,(H,20,22)(H,21,23). The van der Waals surface area contributed by atoms with Crippen molar-refractivity contribution in [2.75, 3.05) is 13.1 Å². The van der Waals surface area contributed by atoms with Crippen LogP contribution < -0.4 is 11.0 Å². The fourth-order valence-electron chi connectivity index (χ4n) is 2.05. The zero-order valence-electron chi connectivity index (χ0n) is 13.3. The molecule has 0 saturated heterocycles. The number of hydrogen-bond donors (Lipinski definition) is 4. The van der Waals surface area contributed by atoms with Gasteiger partial charge in [0.15, 0.2) is 11.7 Å². The van der Waals surface area contributed by atoms with Gasteiger partial charge in [0.25, 0.3) is 0 Å². The Labute approximate surface area is 155 Å². The Hall–Kier alpha value is -2.12. The zero-order chi connectivity index (χ0) is 18.1. The van der Waals surface area contributed by atoms with Crippen molar-refractivity contribution in [1.82, 2.24) is 11.0 Å². The minimum atomic E-state index is 0.360. The van der Waals surface area contributed by atoms with Gasteiger partial charge in [-0.2, -0.15) is 0 Å². The maximum atomic E-state index is 9.21. The first-order valence-corrected chi connectivity index (χ1v) is 8.30. The van der Waals surface area contributed by atoms with E-state index < -0.39 is 0 Å². The number of nitrogens with zero attached hydrogens (tertiary/aromatic N) is 2. The normalized spacial score (nSPS) is 12.2. The second kappa shape index (κ2) is 10.0. The second-order valence-electron chi connectivity index (χ2n) is 5.05. The molecular weight excluding hydrogens is 363 g/mol. The molecule has 25 heavy (non-hydrogen) atoms. The number of hydroxylamine groups is 2. The molecule has 6 nitrogen and oxygen atoms in total. The summed E-state index contributed by atoms with van der Waals surface area (Å²) in [5.41, 5.74) is 5.63. The summed E-state index contributed by atoms with van der Waals surface area (Å²) in [7, 11) is 0. The Bertz CT molecular complexity index is 668. The van der Waals surface area contributed by atoms with Crippen LogP contribution in [0.4, 0.5) is 0 Å². The SMILES string of the molecule is ONC(=NCCCN=C(NO)c1ccc(Cl)cc1)c1ccc(Cl)cc1. The molecule has 0 aromatic heterocycles. The van der Waals surface area contributed by atoms with Crippen LogP contribution in [-0.4, -0.2) is 35.2 Å². The van der Waals surface area contributed by atoms with Crippen LogP contribution in [0.15, 0.2) is 58.5 Å². The molecule has 2 aromatic rings. The Morgan fingerprint density at radius 3 is 1.40 bits per heavy atom. The molecule has 0 aliphatic rings. The van der Waals surface area contributed by atoms with Crippen LogP contribution in [0.5, 0.6) is 0 Å². The number of rotatable bonds is 6. The molecule has 0 saturated carbocycles. The predicted molar refractivity (Wildman–Crippen MR) is 100 cm³/mol. The molecule has 4 N–H and O–H groups in total. The number of benzene rings is 2. The Kier molecular flexibility index (Phi) is 7.69. The van der Waals surface area contributed by atoms with Crippen LogP contribution in [0.1, 0.15) is 17.5 Å². The smallest absolute Gasteiger partial charge is 0.152 e. The van der Waals surface area contributed by atoms with Gasteiger partial charge < -0.3 is 0 Å². The van der Waals surface area contributed by atoms with Gasteiger partial charge in [-0.15, -0.1) is 0 Å². The van der Waals surface area contributed by atoms with E-state index in [2.05, 4.69) is 20.9 Å². The minimum absolute atomic E-state index is 0.360. The maximum Gasteiger partial charge on any atom is 0.152 e. The van der Waals surface area contributed by atoms with E-state index in [0.717, 1.165) is 11.1 Å². The summed E-state index contributed by atoms with van der Waals surface area (Å²) in [6, 6.07) is 13.9. The van der Waals surface area contributed by atoms with Crippen LogP contribution in [0.25, 0.3) is 0 Å². The van der Waals surface area contributed by atoms with Crippen LogP contribution in [0.2, 0.25) is 10.0 Å². The Morgan fingerprint density at radius 2 is 1.08 bits per heavy atom. The Morgan fingerprint density at radius 1 is 0.720 bits per heavy atom. The quantitative estimate of drug-likeness (QED) is 0.267. The van der Waals surface area contributed by atoms with E-state index in [9.17, 15) is 10.4 Å². The molecule has 0 atom stereocenters. The van der Waals surface area contributed by atoms with Gasteiger partial charge in [0.05, 0.1) is 0 Å². The van der Waals surface area contributed by atoms with E-state index in [1.165, 1.54) is 0 Å². The van der Waals surface area contributed by atoms with Crippen LogP contribution >= 0.6 is 23.2 Å². The highest BCUT2D eigenvalue weighted by Gasteiger charge is 2.03. The van der Waals surface area contributed by atoms with Crippen molar-refractivity contribution in [2.45, 2.75) is 6.42 Å². The highest BCUT2D eigenvalue weighted by atomic mass is 35.5. The monoisotopic (exact) mass is 380 g/mol. The summed E-state index contributed by atoms with van der Waals surface area (Å²) in [5, 5.41) is 19.6. The maximum absolute atomic E-state index is 9.21. The number of halogens is 2. The molecule has 0 aliphatic heterocycles. The molecule has 0 spiro atoms. The zero-order valence-corrected chi connectivity index (χ0v) is 14.8. The number of aliphatic imine (C=N–C) groups is 2.